The second-order valence-corrected chi connectivity index (χ2v) is 5.16. The number of thiazole rings is 1. The molecular formula is C13H13N3O4S. The molecule has 0 saturated carbocycles. The molecule has 2 N–H and O–H groups in total. The van der Waals surface area contributed by atoms with Crippen LogP contribution in [0.15, 0.2) is 30.2 Å². The molecule has 1 aliphatic rings. The van der Waals surface area contributed by atoms with Crippen molar-refractivity contribution in [3.05, 3.63) is 30.2 Å². The van der Waals surface area contributed by atoms with Crippen LogP contribution >= 0.6 is 11.3 Å². The van der Waals surface area contributed by atoms with Crippen molar-refractivity contribution in [1.82, 2.24) is 10.4 Å². The minimum atomic E-state index is -0.411. The molecule has 1 aromatic carbocycles. The summed E-state index contributed by atoms with van der Waals surface area (Å²) in [6.45, 7) is 0.810. The second-order valence-electron chi connectivity index (χ2n) is 4.13. The normalized spacial score (nSPS) is 13.9. The van der Waals surface area contributed by atoms with Crippen LogP contribution in [0.3, 0.4) is 0 Å². The van der Waals surface area contributed by atoms with E-state index in [2.05, 4.69) is 15.8 Å². The number of rotatable bonds is 4. The van der Waals surface area contributed by atoms with Crippen LogP contribution in [0.5, 0.6) is 5.75 Å². The third-order valence-electron chi connectivity index (χ3n) is 2.75. The minimum absolute atomic E-state index is 0.136. The minimum Gasteiger partial charge on any atom is -0.497 e. The smallest absolute Gasteiger partial charge is 0.307 e. The number of hydrazine groups is 1. The first-order valence-corrected chi connectivity index (χ1v) is 7.03. The number of amides is 1. The van der Waals surface area contributed by atoms with Crippen molar-refractivity contribution in [3.63, 3.8) is 0 Å². The molecule has 110 valence electrons. The Morgan fingerprint density at radius 1 is 1.43 bits per heavy atom. The number of carbonyl (C=O) groups is 1. The van der Waals surface area contributed by atoms with Gasteiger partial charge in [0.15, 0.2) is 0 Å². The molecular weight excluding hydrogens is 294 g/mol. The van der Waals surface area contributed by atoms with E-state index in [9.17, 15) is 4.79 Å². The molecule has 3 rings (SSSR count). The Hall–Kier alpha value is -2.48. The van der Waals surface area contributed by atoms with Crippen molar-refractivity contribution in [1.29, 1.82) is 0 Å². The summed E-state index contributed by atoms with van der Waals surface area (Å²) in [4.78, 5) is 16.1. The molecule has 0 atom stereocenters. The van der Waals surface area contributed by atoms with Gasteiger partial charge in [0.05, 0.1) is 17.3 Å². The standard InChI is InChI=1S/C13H13N3O4S/c1-18-8-2-3-9-11(6-8)21-13(14-9)16-15-12(17)10-7-19-4-5-20-10/h2-3,6-7H,4-5H2,1H3,(H,14,16)(H,15,17). The highest BCUT2D eigenvalue weighted by Gasteiger charge is 2.15. The van der Waals surface area contributed by atoms with Gasteiger partial charge in [-0.1, -0.05) is 11.3 Å². The summed E-state index contributed by atoms with van der Waals surface area (Å²) in [5.41, 5.74) is 6.10. The van der Waals surface area contributed by atoms with Crippen molar-refractivity contribution in [2.45, 2.75) is 0 Å². The van der Waals surface area contributed by atoms with E-state index < -0.39 is 5.91 Å². The Bertz CT molecular complexity index is 698. The lowest BCUT2D eigenvalue weighted by atomic mass is 10.3. The number of aromatic nitrogens is 1. The first-order valence-electron chi connectivity index (χ1n) is 6.22. The molecule has 0 bridgehead atoms. The van der Waals surface area contributed by atoms with Crippen LogP contribution in [0.2, 0.25) is 0 Å². The van der Waals surface area contributed by atoms with Crippen molar-refractivity contribution < 1.29 is 19.0 Å². The van der Waals surface area contributed by atoms with Crippen LogP contribution in [0.1, 0.15) is 0 Å². The van der Waals surface area contributed by atoms with Gasteiger partial charge in [-0.3, -0.25) is 15.6 Å². The number of benzene rings is 1. The fraction of sp³-hybridized carbons (Fsp3) is 0.231. The number of nitrogens with zero attached hydrogens (tertiary/aromatic N) is 1. The Balaban J connectivity index is 1.67. The number of hydrogen-bond donors (Lipinski definition) is 2. The van der Waals surface area contributed by atoms with E-state index in [0.717, 1.165) is 16.0 Å². The van der Waals surface area contributed by atoms with Crippen molar-refractivity contribution in [2.24, 2.45) is 0 Å². The van der Waals surface area contributed by atoms with Crippen LogP contribution < -0.4 is 15.6 Å². The molecule has 0 radical (unpaired) electrons. The van der Waals surface area contributed by atoms with Gasteiger partial charge in [-0.25, -0.2) is 4.98 Å². The molecule has 0 fully saturated rings. The molecule has 2 aromatic rings. The van der Waals surface area contributed by atoms with E-state index >= 15 is 0 Å². The van der Waals surface area contributed by atoms with E-state index in [4.69, 9.17) is 14.2 Å². The average molecular weight is 307 g/mol. The van der Waals surface area contributed by atoms with E-state index in [1.165, 1.54) is 17.6 Å². The fourth-order valence-electron chi connectivity index (χ4n) is 1.74. The quantitative estimate of drug-likeness (QED) is 0.836. The zero-order valence-corrected chi connectivity index (χ0v) is 12.0. The molecule has 1 aromatic heterocycles. The van der Waals surface area contributed by atoms with Crippen molar-refractivity contribution in [3.8, 4) is 5.75 Å². The first kappa shape index (κ1) is 13.5. The average Bonchev–Trinajstić information content (AvgIpc) is 2.95. The Morgan fingerprint density at radius 3 is 3.10 bits per heavy atom. The summed E-state index contributed by atoms with van der Waals surface area (Å²) in [6, 6.07) is 5.58. The number of carbonyl (C=O) groups excluding carboxylic acids is 1. The van der Waals surface area contributed by atoms with Gasteiger partial charge < -0.3 is 14.2 Å². The number of methoxy groups -OCH3 is 1. The highest BCUT2D eigenvalue weighted by Crippen LogP contribution is 2.28. The van der Waals surface area contributed by atoms with Crippen LogP contribution in [0.4, 0.5) is 5.13 Å². The maximum atomic E-state index is 11.8. The lowest BCUT2D eigenvalue weighted by Gasteiger charge is -2.14. The Labute approximate surface area is 124 Å². The molecule has 8 heteroatoms. The van der Waals surface area contributed by atoms with Gasteiger partial charge in [0.1, 0.15) is 25.2 Å². The Kier molecular flexibility index (Phi) is 3.78. The number of anilines is 1. The third-order valence-corrected chi connectivity index (χ3v) is 3.69. The van der Waals surface area contributed by atoms with E-state index in [0.29, 0.717) is 18.3 Å². The molecule has 0 unspecified atom stereocenters. The van der Waals surface area contributed by atoms with Crippen molar-refractivity contribution >= 4 is 32.6 Å². The zero-order chi connectivity index (χ0) is 14.7. The molecule has 0 aliphatic carbocycles. The van der Waals surface area contributed by atoms with Crippen molar-refractivity contribution in [2.75, 3.05) is 25.7 Å². The molecule has 0 spiro atoms. The van der Waals surface area contributed by atoms with Gasteiger partial charge in [0.2, 0.25) is 10.9 Å². The fourth-order valence-corrected chi connectivity index (χ4v) is 2.59. The number of ether oxygens (including phenoxy) is 3. The summed E-state index contributed by atoms with van der Waals surface area (Å²) < 4.78 is 16.3. The lowest BCUT2D eigenvalue weighted by molar-refractivity contribution is -0.121. The van der Waals surface area contributed by atoms with E-state index in [1.54, 1.807) is 7.11 Å². The molecule has 0 saturated heterocycles. The van der Waals surface area contributed by atoms with Gasteiger partial charge in [-0.15, -0.1) is 0 Å². The molecule has 1 aliphatic heterocycles. The van der Waals surface area contributed by atoms with Crippen LogP contribution in [-0.4, -0.2) is 31.2 Å². The van der Waals surface area contributed by atoms with Gasteiger partial charge in [0.25, 0.3) is 0 Å². The van der Waals surface area contributed by atoms with Gasteiger partial charge in [-0.2, -0.15) is 0 Å². The molecule has 1 amide bonds. The summed E-state index contributed by atoms with van der Waals surface area (Å²) in [6.07, 6.45) is 1.30. The maximum Gasteiger partial charge on any atom is 0.307 e. The SMILES string of the molecule is COc1ccc2nc(NNC(=O)C3=COCCO3)sc2c1. The predicted octanol–water partition coefficient (Wildman–Crippen LogP) is 1.64. The summed E-state index contributed by atoms with van der Waals surface area (Å²) in [5.74, 6) is 0.489. The van der Waals surface area contributed by atoms with E-state index in [1.807, 2.05) is 18.2 Å². The largest absolute Gasteiger partial charge is 0.497 e. The predicted molar refractivity (Wildman–Crippen MR) is 77.9 cm³/mol. The monoisotopic (exact) mass is 307 g/mol. The van der Waals surface area contributed by atoms with E-state index in [-0.39, 0.29) is 5.76 Å². The molecule has 2 heterocycles. The highest BCUT2D eigenvalue weighted by molar-refractivity contribution is 7.22. The highest BCUT2D eigenvalue weighted by atomic mass is 32.1. The van der Waals surface area contributed by atoms with Gasteiger partial charge in [-0.05, 0) is 18.2 Å². The Morgan fingerprint density at radius 2 is 2.33 bits per heavy atom. The van der Waals surface area contributed by atoms with Gasteiger partial charge in [0, 0.05) is 0 Å². The third kappa shape index (κ3) is 3.00. The number of hydrogen-bond acceptors (Lipinski definition) is 7. The summed E-state index contributed by atoms with van der Waals surface area (Å²) in [5, 5.41) is 0.573. The molecule has 7 nitrogen and oxygen atoms in total. The lowest BCUT2D eigenvalue weighted by Crippen LogP contribution is -2.32. The second kappa shape index (κ2) is 5.88. The number of nitrogens with one attached hydrogen (secondary N) is 2. The number of fused-ring (bicyclic) bond motifs is 1. The first-order chi connectivity index (χ1) is 10.3. The zero-order valence-electron chi connectivity index (χ0n) is 11.2. The van der Waals surface area contributed by atoms with Crippen LogP contribution in [-0.2, 0) is 14.3 Å². The maximum absolute atomic E-state index is 11.8. The topological polar surface area (TPSA) is 81.7 Å². The van der Waals surface area contributed by atoms with Gasteiger partial charge >= 0.3 is 5.91 Å². The van der Waals surface area contributed by atoms with Crippen LogP contribution in [0, 0.1) is 0 Å². The van der Waals surface area contributed by atoms with Crippen LogP contribution in [0.25, 0.3) is 10.2 Å². The molecule has 21 heavy (non-hydrogen) atoms. The summed E-state index contributed by atoms with van der Waals surface area (Å²) in [7, 11) is 1.61. The summed E-state index contributed by atoms with van der Waals surface area (Å²) >= 11 is 1.41.